The molecular weight excluding hydrogens is 288 g/mol. The first-order valence-electron chi connectivity index (χ1n) is 7.54. The van der Waals surface area contributed by atoms with Gasteiger partial charge in [-0.2, -0.15) is 0 Å². The monoisotopic (exact) mass is 311 g/mol. The highest BCUT2D eigenvalue weighted by Crippen LogP contribution is 2.15. The number of amides is 1. The fourth-order valence-corrected chi connectivity index (χ4v) is 2.64. The normalized spacial score (nSPS) is 16.7. The van der Waals surface area contributed by atoms with Crippen molar-refractivity contribution in [2.75, 3.05) is 51.7 Å². The highest BCUT2D eigenvalue weighted by Gasteiger charge is 2.21. The average molecular weight is 311 g/mol. The second-order valence-corrected chi connectivity index (χ2v) is 5.78. The Morgan fingerprint density at radius 1 is 1.14 bits per heavy atom. The molecule has 0 aliphatic carbocycles. The van der Waals surface area contributed by atoms with Gasteiger partial charge in [-0.1, -0.05) is 0 Å². The quantitative estimate of drug-likeness (QED) is 0.852. The summed E-state index contributed by atoms with van der Waals surface area (Å²) in [6.45, 7) is 2.04. The lowest BCUT2D eigenvalue weighted by molar-refractivity contribution is 0.0742. The molecule has 0 saturated carbocycles. The summed E-state index contributed by atoms with van der Waals surface area (Å²) >= 11 is 0. The van der Waals surface area contributed by atoms with Crippen molar-refractivity contribution in [2.45, 2.75) is 12.8 Å². The van der Waals surface area contributed by atoms with Crippen molar-refractivity contribution in [3.8, 4) is 0 Å². The molecule has 1 aliphatic rings. The molecular formula is C16H23F2N3O. The predicted molar refractivity (Wildman–Crippen MR) is 83.7 cm³/mol. The minimum atomic E-state index is -2.32. The Morgan fingerprint density at radius 2 is 1.82 bits per heavy atom. The highest BCUT2D eigenvalue weighted by atomic mass is 19.3. The molecule has 1 aromatic carbocycles. The molecule has 0 radical (unpaired) electrons. The van der Waals surface area contributed by atoms with E-state index in [0.717, 1.165) is 12.1 Å². The second kappa shape index (κ2) is 7.54. The van der Waals surface area contributed by atoms with Crippen molar-refractivity contribution in [3.05, 3.63) is 29.8 Å². The van der Waals surface area contributed by atoms with Crippen LogP contribution in [0.5, 0.6) is 0 Å². The maximum absolute atomic E-state index is 12.5. The Labute approximate surface area is 130 Å². The van der Waals surface area contributed by atoms with Crippen LogP contribution in [0.1, 0.15) is 16.8 Å². The lowest BCUT2D eigenvalue weighted by atomic mass is 10.1. The summed E-state index contributed by atoms with van der Waals surface area (Å²) in [4.78, 5) is 18.0. The maximum atomic E-state index is 12.5. The Balaban J connectivity index is 1.97. The number of halogens is 2. The van der Waals surface area contributed by atoms with E-state index < -0.39 is 6.43 Å². The number of rotatable bonds is 4. The number of benzene rings is 1. The van der Waals surface area contributed by atoms with E-state index in [4.69, 9.17) is 0 Å². The van der Waals surface area contributed by atoms with Crippen molar-refractivity contribution in [3.63, 3.8) is 0 Å². The standard InChI is InChI=1S/C16H23F2N3O/c1-19(2)14-6-4-13(5-7-14)16(22)21-9-3-8-20(10-11-21)12-15(17)18/h4-7,15H,3,8-12H2,1-2H3. The van der Waals surface area contributed by atoms with Crippen molar-refractivity contribution in [2.24, 2.45) is 0 Å². The van der Waals surface area contributed by atoms with Crippen LogP contribution < -0.4 is 4.90 Å². The first-order valence-corrected chi connectivity index (χ1v) is 7.54. The largest absolute Gasteiger partial charge is 0.378 e. The molecule has 0 N–H and O–H groups in total. The highest BCUT2D eigenvalue weighted by molar-refractivity contribution is 5.94. The number of nitrogens with zero attached hydrogens (tertiary/aromatic N) is 3. The van der Waals surface area contributed by atoms with Crippen LogP contribution in [0.2, 0.25) is 0 Å². The summed E-state index contributed by atoms with van der Waals surface area (Å²) in [5, 5.41) is 0. The third-order valence-corrected chi connectivity index (χ3v) is 3.90. The predicted octanol–water partition coefficient (Wildman–Crippen LogP) is 2.17. The smallest absolute Gasteiger partial charge is 0.253 e. The maximum Gasteiger partial charge on any atom is 0.253 e. The van der Waals surface area contributed by atoms with Gasteiger partial charge in [-0.05, 0) is 30.7 Å². The molecule has 0 unspecified atom stereocenters. The van der Waals surface area contributed by atoms with Gasteiger partial charge in [-0.25, -0.2) is 8.78 Å². The molecule has 1 amide bonds. The Morgan fingerprint density at radius 3 is 2.41 bits per heavy atom. The van der Waals surface area contributed by atoms with Crippen LogP contribution in [0.25, 0.3) is 0 Å². The van der Waals surface area contributed by atoms with Gasteiger partial charge in [0.05, 0.1) is 6.54 Å². The molecule has 6 heteroatoms. The molecule has 22 heavy (non-hydrogen) atoms. The lowest BCUT2D eigenvalue weighted by Gasteiger charge is -2.22. The van der Waals surface area contributed by atoms with Crippen molar-refractivity contribution in [1.82, 2.24) is 9.80 Å². The molecule has 1 aliphatic heterocycles. The number of hydrogen-bond donors (Lipinski definition) is 0. The zero-order valence-electron chi connectivity index (χ0n) is 13.1. The summed E-state index contributed by atoms with van der Waals surface area (Å²) in [6, 6.07) is 7.46. The van der Waals surface area contributed by atoms with Gasteiger partial charge < -0.3 is 9.80 Å². The SMILES string of the molecule is CN(C)c1ccc(C(=O)N2CCCN(CC(F)F)CC2)cc1. The van der Waals surface area contributed by atoms with Gasteiger partial charge in [-0.15, -0.1) is 0 Å². The van der Waals surface area contributed by atoms with E-state index in [2.05, 4.69) is 0 Å². The van der Waals surface area contributed by atoms with Crippen molar-refractivity contribution in [1.29, 1.82) is 0 Å². The van der Waals surface area contributed by atoms with E-state index in [1.807, 2.05) is 43.3 Å². The fraction of sp³-hybridized carbons (Fsp3) is 0.562. The van der Waals surface area contributed by atoms with E-state index in [0.29, 0.717) is 31.7 Å². The number of anilines is 1. The van der Waals surface area contributed by atoms with Crippen molar-refractivity contribution < 1.29 is 13.6 Å². The third-order valence-electron chi connectivity index (χ3n) is 3.90. The van der Waals surface area contributed by atoms with Gasteiger partial charge in [0.25, 0.3) is 12.3 Å². The van der Waals surface area contributed by atoms with E-state index in [-0.39, 0.29) is 12.5 Å². The summed E-state index contributed by atoms with van der Waals surface area (Å²) < 4.78 is 24.9. The molecule has 4 nitrogen and oxygen atoms in total. The van der Waals surface area contributed by atoms with E-state index in [9.17, 15) is 13.6 Å². The molecule has 122 valence electrons. The minimum Gasteiger partial charge on any atom is -0.378 e. The summed E-state index contributed by atoms with van der Waals surface area (Å²) in [5.74, 6) is -0.0239. The topological polar surface area (TPSA) is 26.8 Å². The summed E-state index contributed by atoms with van der Waals surface area (Å²) in [6.07, 6.45) is -1.59. The van der Waals surface area contributed by atoms with Crippen LogP contribution in [-0.2, 0) is 0 Å². The molecule has 1 saturated heterocycles. The molecule has 0 atom stereocenters. The Kier molecular flexibility index (Phi) is 5.71. The van der Waals surface area contributed by atoms with Crippen LogP contribution in [-0.4, -0.2) is 69.0 Å². The van der Waals surface area contributed by atoms with Crippen LogP contribution in [0, 0.1) is 0 Å². The van der Waals surface area contributed by atoms with E-state index >= 15 is 0 Å². The fourth-order valence-electron chi connectivity index (χ4n) is 2.64. The van der Waals surface area contributed by atoms with Crippen LogP contribution in [0.3, 0.4) is 0 Å². The third kappa shape index (κ3) is 4.40. The van der Waals surface area contributed by atoms with Gasteiger partial charge >= 0.3 is 0 Å². The number of carbonyl (C=O) groups excluding carboxylic acids is 1. The number of alkyl halides is 2. The minimum absolute atomic E-state index is 0.0239. The average Bonchev–Trinajstić information content (AvgIpc) is 2.71. The van der Waals surface area contributed by atoms with Gasteiger partial charge in [0.1, 0.15) is 0 Å². The molecule has 2 rings (SSSR count). The van der Waals surface area contributed by atoms with E-state index in [1.165, 1.54) is 0 Å². The number of carbonyl (C=O) groups is 1. The van der Waals surface area contributed by atoms with Crippen LogP contribution in [0.15, 0.2) is 24.3 Å². The van der Waals surface area contributed by atoms with Crippen LogP contribution >= 0.6 is 0 Å². The number of hydrogen-bond acceptors (Lipinski definition) is 3. The zero-order chi connectivity index (χ0) is 16.1. The molecule has 0 aromatic heterocycles. The van der Waals surface area contributed by atoms with Gasteiger partial charge in [0.15, 0.2) is 0 Å². The van der Waals surface area contributed by atoms with E-state index in [1.54, 1.807) is 9.80 Å². The summed E-state index contributed by atoms with van der Waals surface area (Å²) in [7, 11) is 3.90. The molecule has 1 aromatic rings. The molecule has 1 heterocycles. The molecule has 0 bridgehead atoms. The lowest BCUT2D eigenvalue weighted by Crippen LogP contribution is -2.36. The molecule has 0 spiro atoms. The molecule has 1 fully saturated rings. The Bertz CT molecular complexity index is 491. The second-order valence-electron chi connectivity index (χ2n) is 5.78. The summed E-state index contributed by atoms with van der Waals surface area (Å²) in [5.41, 5.74) is 1.68. The first-order chi connectivity index (χ1) is 10.5. The Hall–Kier alpha value is -1.69. The van der Waals surface area contributed by atoms with Gasteiger partial charge in [0.2, 0.25) is 0 Å². The zero-order valence-corrected chi connectivity index (χ0v) is 13.1. The van der Waals surface area contributed by atoms with Crippen molar-refractivity contribution >= 4 is 11.6 Å². The van der Waals surface area contributed by atoms with Gasteiger partial charge in [0, 0.05) is 51.5 Å². The first kappa shape index (κ1) is 16.7. The van der Waals surface area contributed by atoms with Crippen LogP contribution in [0.4, 0.5) is 14.5 Å². The van der Waals surface area contributed by atoms with Gasteiger partial charge in [-0.3, -0.25) is 9.69 Å².